The summed E-state index contributed by atoms with van der Waals surface area (Å²) in [5.41, 5.74) is 0. The molecule has 0 bridgehead atoms. The number of carbonyl (C=O) groups is 1. The maximum absolute atomic E-state index is 11.8. The minimum atomic E-state index is -4.51. The average Bonchev–Trinajstić information content (AvgIpc) is 2.24. The van der Waals surface area contributed by atoms with Crippen LogP contribution in [-0.2, 0) is 19.4 Å². The highest BCUT2D eigenvalue weighted by atomic mass is 32.2. The van der Waals surface area contributed by atoms with Gasteiger partial charge in [0, 0.05) is 6.42 Å². The Morgan fingerprint density at radius 1 is 1.22 bits per heavy atom. The first-order valence-corrected chi connectivity index (χ1v) is 7.43. The molecule has 4 nitrogen and oxygen atoms in total. The Balaban J connectivity index is 2.20. The zero-order chi connectivity index (χ0) is 13.8. The van der Waals surface area contributed by atoms with E-state index in [-0.39, 0.29) is 23.8 Å². The maximum atomic E-state index is 11.8. The van der Waals surface area contributed by atoms with Crippen molar-refractivity contribution in [3.8, 4) is 0 Å². The Kier molecular flexibility index (Phi) is 5.01. The van der Waals surface area contributed by atoms with Gasteiger partial charge in [-0.15, -0.1) is 0 Å². The molecule has 18 heavy (non-hydrogen) atoms. The molecule has 1 heterocycles. The molecule has 1 aliphatic heterocycles. The highest BCUT2D eigenvalue weighted by Gasteiger charge is 2.30. The van der Waals surface area contributed by atoms with Crippen molar-refractivity contribution < 1.29 is 31.1 Å². The molecule has 0 amide bonds. The molecule has 1 rings (SSSR count). The standard InChI is InChI=1S/C10H15F3O4S/c11-10(12,13)7-17-9(14)2-1-8-3-5-18(15,16)6-4-8/h8H,1-7H2. The quantitative estimate of drug-likeness (QED) is 0.739. The third-order valence-electron chi connectivity index (χ3n) is 2.83. The topological polar surface area (TPSA) is 60.4 Å². The molecule has 0 aromatic rings. The average molecular weight is 288 g/mol. The second kappa shape index (κ2) is 5.90. The van der Waals surface area contributed by atoms with Gasteiger partial charge in [0.05, 0.1) is 11.5 Å². The fraction of sp³-hybridized carbons (Fsp3) is 0.900. The van der Waals surface area contributed by atoms with Gasteiger partial charge in [0.25, 0.3) is 0 Å². The van der Waals surface area contributed by atoms with Gasteiger partial charge in [-0.25, -0.2) is 8.42 Å². The van der Waals surface area contributed by atoms with Crippen LogP contribution >= 0.6 is 0 Å². The molecule has 1 fully saturated rings. The van der Waals surface area contributed by atoms with E-state index >= 15 is 0 Å². The van der Waals surface area contributed by atoms with E-state index in [1.54, 1.807) is 0 Å². The van der Waals surface area contributed by atoms with Crippen LogP contribution in [0.15, 0.2) is 0 Å². The highest BCUT2D eigenvalue weighted by molar-refractivity contribution is 7.91. The smallest absolute Gasteiger partial charge is 0.422 e. The molecule has 0 aliphatic carbocycles. The Labute approximate surface area is 103 Å². The third-order valence-corrected chi connectivity index (χ3v) is 4.54. The molecule has 0 N–H and O–H groups in total. The number of hydrogen-bond acceptors (Lipinski definition) is 4. The normalized spacial score (nSPS) is 20.6. The molecule has 0 aromatic carbocycles. The van der Waals surface area contributed by atoms with E-state index in [4.69, 9.17) is 0 Å². The van der Waals surface area contributed by atoms with Crippen LogP contribution < -0.4 is 0 Å². The molecular formula is C10H15F3O4S. The summed E-state index contributed by atoms with van der Waals surface area (Å²) in [6, 6.07) is 0. The molecule has 0 aromatic heterocycles. The number of esters is 1. The van der Waals surface area contributed by atoms with Gasteiger partial charge in [-0.1, -0.05) is 0 Å². The van der Waals surface area contributed by atoms with Crippen LogP contribution in [0.5, 0.6) is 0 Å². The molecular weight excluding hydrogens is 273 g/mol. The minimum absolute atomic E-state index is 0.0759. The predicted octanol–water partition coefficient (Wildman–Crippen LogP) is 1.70. The summed E-state index contributed by atoms with van der Waals surface area (Å²) < 4.78 is 61.6. The van der Waals surface area contributed by atoms with E-state index in [1.807, 2.05) is 0 Å². The summed E-state index contributed by atoms with van der Waals surface area (Å²) in [5.74, 6) is -0.627. The van der Waals surface area contributed by atoms with Gasteiger partial charge in [0.15, 0.2) is 6.61 Å². The molecule has 0 saturated carbocycles. The second-order valence-corrected chi connectivity index (χ2v) is 6.71. The SMILES string of the molecule is O=C(CCC1CCS(=O)(=O)CC1)OCC(F)(F)F. The van der Waals surface area contributed by atoms with Gasteiger partial charge in [-0.2, -0.15) is 13.2 Å². The number of rotatable bonds is 4. The van der Waals surface area contributed by atoms with Crippen molar-refractivity contribution in [1.82, 2.24) is 0 Å². The molecule has 0 atom stereocenters. The monoisotopic (exact) mass is 288 g/mol. The predicted molar refractivity (Wildman–Crippen MR) is 57.6 cm³/mol. The van der Waals surface area contributed by atoms with Gasteiger partial charge in [-0.3, -0.25) is 4.79 Å². The summed E-state index contributed by atoms with van der Waals surface area (Å²) in [7, 11) is -2.95. The molecule has 1 aliphatic rings. The first-order chi connectivity index (χ1) is 8.18. The Morgan fingerprint density at radius 3 is 2.28 bits per heavy atom. The molecule has 0 radical (unpaired) electrons. The second-order valence-electron chi connectivity index (χ2n) is 4.41. The van der Waals surface area contributed by atoms with Crippen molar-refractivity contribution in [3.63, 3.8) is 0 Å². The van der Waals surface area contributed by atoms with E-state index in [1.165, 1.54) is 0 Å². The lowest BCUT2D eigenvalue weighted by atomic mass is 9.97. The van der Waals surface area contributed by atoms with E-state index < -0.39 is 28.6 Å². The summed E-state index contributed by atoms with van der Waals surface area (Å²) >= 11 is 0. The van der Waals surface area contributed by atoms with Crippen LogP contribution in [0.3, 0.4) is 0 Å². The van der Waals surface area contributed by atoms with Crippen LogP contribution in [0.4, 0.5) is 13.2 Å². The van der Waals surface area contributed by atoms with Crippen LogP contribution in [0.1, 0.15) is 25.7 Å². The molecule has 1 saturated heterocycles. The molecule has 106 valence electrons. The Morgan fingerprint density at radius 2 is 1.78 bits per heavy atom. The number of carbonyl (C=O) groups excluding carboxylic acids is 1. The van der Waals surface area contributed by atoms with Crippen molar-refractivity contribution in [2.24, 2.45) is 5.92 Å². The maximum Gasteiger partial charge on any atom is 0.422 e. The number of hydrogen-bond donors (Lipinski definition) is 0. The Bertz CT molecular complexity index is 374. The van der Waals surface area contributed by atoms with Crippen LogP contribution in [-0.4, -0.2) is 38.7 Å². The summed E-state index contributed by atoms with van der Waals surface area (Å²) in [6.45, 7) is -1.56. The van der Waals surface area contributed by atoms with Crippen LogP contribution in [0.25, 0.3) is 0 Å². The number of ether oxygens (including phenoxy) is 1. The van der Waals surface area contributed by atoms with E-state index in [2.05, 4.69) is 4.74 Å². The van der Waals surface area contributed by atoms with Gasteiger partial charge in [0.2, 0.25) is 0 Å². The van der Waals surface area contributed by atoms with Gasteiger partial charge < -0.3 is 4.74 Å². The third kappa shape index (κ3) is 6.23. The van der Waals surface area contributed by atoms with Crippen molar-refractivity contribution in [2.45, 2.75) is 31.9 Å². The largest absolute Gasteiger partial charge is 0.456 e. The molecule has 0 unspecified atom stereocenters. The van der Waals surface area contributed by atoms with Gasteiger partial charge in [-0.05, 0) is 25.2 Å². The fourth-order valence-electron chi connectivity index (χ4n) is 1.78. The van der Waals surface area contributed by atoms with E-state index in [0.717, 1.165) is 0 Å². The Hall–Kier alpha value is -0.790. The van der Waals surface area contributed by atoms with Crippen LogP contribution in [0, 0.1) is 5.92 Å². The van der Waals surface area contributed by atoms with Crippen molar-refractivity contribution in [2.75, 3.05) is 18.1 Å². The summed E-state index contributed by atoms with van der Waals surface area (Å²) in [5, 5.41) is 0. The zero-order valence-corrected chi connectivity index (χ0v) is 10.5. The van der Waals surface area contributed by atoms with Crippen molar-refractivity contribution >= 4 is 15.8 Å². The van der Waals surface area contributed by atoms with Crippen LogP contribution in [0.2, 0.25) is 0 Å². The van der Waals surface area contributed by atoms with E-state index in [0.29, 0.717) is 19.3 Å². The van der Waals surface area contributed by atoms with Crippen molar-refractivity contribution in [3.05, 3.63) is 0 Å². The minimum Gasteiger partial charge on any atom is -0.456 e. The lowest BCUT2D eigenvalue weighted by molar-refractivity contribution is -0.186. The number of halogens is 3. The zero-order valence-electron chi connectivity index (χ0n) is 9.70. The molecule has 0 spiro atoms. The van der Waals surface area contributed by atoms with E-state index in [9.17, 15) is 26.4 Å². The molecule has 8 heteroatoms. The fourth-order valence-corrected chi connectivity index (χ4v) is 3.37. The summed E-state index contributed by atoms with van der Waals surface area (Å²) in [6.07, 6.45) is -3.29. The lowest BCUT2D eigenvalue weighted by Gasteiger charge is -2.21. The first kappa shape index (κ1) is 15.3. The lowest BCUT2D eigenvalue weighted by Crippen LogP contribution is -2.24. The first-order valence-electron chi connectivity index (χ1n) is 5.61. The summed E-state index contributed by atoms with van der Waals surface area (Å²) in [4.78, 5) is 11.0. The highest BCUT2D eigenvalue weighted by Crippen LogP contribution is 2.23. The number of sulfone groups is 1. The van der Waals surface area contributed by atoms with Crippen molar-refractivity contribution in [1.29, 1.82) is 0 Å². The number of alkyl halides is 3. The van der Waals surface area contributed by atoms with Gasteiger partial charge in [0.1, 0.15) is 9.84 Å². The van der Waals surface area contributed by atoms with Gasteiger partial charge >= 0.3 is 12.1 Å².